The fourth-order valence-corrected chi connectivity index (χ4v) is 2.69. The van der Waals surface area contributed by atoms with Gasteiger partial charge in [-0.3, -0.25) is 0 Å². The molecule has 2 aromatic carbocycles. The molecule has 0 saturated heterocycles. The molecule has 1 atom stereocenters. The highest BCUT2D eigenvalue weighted by Crippen LogP contribution is 2.36. The van der Waals surface area contributed by atoms with E-state index in [9.17, 15) is 0 Å². The molecule has 20 heavy (non-hydrogen) atoms. The zero-order chi connectivity index (χ0) is 14.1. The molecule has 104 valence electrons. The maximum atomic E-state index is 5.88. The molecule has 1 heterocycles. The molecule has 0 spiro atoms. The lowest BCUT2D eigenvalue weighted by molar-refractivity contribution is 0.286. The molecule has 0 amide bonds. The van der Waals surface area contributed by atoms with Crippen LogP contribution in [-0.2, 0) is 0 Å². The third-order valence-corrected chi connectivity index (χ3v) is 4.21. The number of nitrogens with one attached hydrogen (secondary N) is 1. The number of ether oxygens (including phenoxy) is 1. The fraction of sp³-hybridized carbons (Fsp3) is 0.294. The van der Waals surface area contributed by atoms with E-state index in [1.54, 1.807) is 0 Å². The van der Waals surface area contributed by atoms with E-state index in [4.69, 9.17) is 4.74 Å². The second kappa shape index (κ2) is 5.49. The van der Waals surface area contributed by atoms with Gasteiger partial charge in [0.1, 0.15) is 12.4 Å². The van der Waals surface area contributed by atoms with Crippen LogP contribution in [0.25, 0.3) is 0 Å². The van der Waals surface area contributed by atoms with Crippen molar-refractivity contribution in [2.45, 2.75) is 25.8 Å². The molecule has 2 nitrogen and oxygen atoms in total. The van der Waals surface area contributed by atoms with Gasteiger partial charge in [-0.05, 0) is 41.3 Å². The lowest BCUT2D eigenvalue weighted by Crippen LogP contribution is -2.24. The van der Waals surface area contributed by atoms with Crippen LogP contribution in [0.15, 0.2) is 46.9 Å². The van der Waals surface area contributed by atoms with Crippen LogP contribution in [-0.4, -0.2) is 6.61 Å². The highest BCUT2D eigenvalue weighted by Gasteiger charge is 2.20. The first kappa shape index (κ1) is 13.5. The van der Waals surface area contributed by atoms with E-state index in [1.807, 2.05) is 0 Å². The second-order valence-corrected chi connectivity index (χ2v) is 6.39. The summed E-state index contributed by atoms with van der Waals surface area (Å²) in [4.78, 5) is 0. The molecule has 0 aromatic heterocycles. The summed E-state index contributed by atoms with van der Waals surface area (Å²) in [6.07, 6.45) is 0. The predicted molar refractivity (Wildman–Crippen MR) is 86.5 cm³/mol. The van der Waals surface area contributed by atoms with Crippen LogP contribution >= 0.6 is 15.9 Å². The van der Waals surface area contributed by atoms with E-state index in [0.29, 0.717) is 12.5 Å². The molecule has 0 aliphatic carbocycles. The zero-order valence-corrected chi connectivity index (χ0v) is 13.3. The maximum Gasteiger partial charge on any atom is 0.142 e. The van der Waals surface area contributed by atoms with Crippen molar-refractivity contribution in [1.82, 2.24) is 0 Å². The molecule has 1 aliphatic heterocycles. The number of anilines is 1. The van der Waals surface area contributed by atoms with E-state index in [-0.39, 0.29) is 6.04 Å². The van der Waals surface area contributed by atoms with Gasteiger partial charge in [-0.2, -0.15) is 0 Å². The van der Waals surface area contributed by atoms with Crippen LogP contribution in [0, 0.1) is 0 Å². The smallest absolute Gasteiger partial charge is 0.142 e. The molecule has 0 radical (unpaired) electrons. The summed E-state index contributed by atoms with van der Waals surface area (Å²) in [7, 11) is 0. The minimum absolute atomic E-state index is 0.206. The largest absolute Gasteiger partial charge is 0.489 e. The van der Waals surface area contributed by atoms with E-state index in [0.717, 1.165) is 15.9 Å². The van der Waals surface area contributed by atoms with Gasteiger partial charge < -0.3 is 10.1 Å². The van der Waals surface area contributed by atoms with Crippen LogP contribution < -0.4 is 10.1 Å². The number of fused-ring (bicyclic) bond motifs is 1. The second-order valence-electron chi connectivity index (χ2n) is 5.47. The molecule has 1 unspecified atom stereocenters. The molecule has 3 heteroatoms. The van der Waals surface area contributed by atoms with Gasteiger partial charge in [0.2, 0.25) is 0 Å². The number of hydrogen-bond acceptors (Lipinski definition) is 2. The van der Waals surface area contributed by atoms with Crippen LogP contribution in [0.1, 0.15) is 36.9 Å². The highest BCUT2D eigenvalue weighted by molar-refractivity contribution is 9.10. The summed E-state index contributed by atoms with van der Waals surface area (Å²) >= 11 is 3.47. The third kappa shape index (κ3) is 2.68. The first-order valence-corrected chi connectivity index (χ1v) is 7.71. The first-order chi connectivity index (χ1) is 9.63. The van der Waals surface area contributed by atoms with Crippen LogP contribution in [0.5, 0.6) is 5.75 Å². The average Bonchev–Trinajstić information content (AvgIpc) is 2.47. The topological polar surface area (TPSA) is 21.3 Å². The van der Waals surface area contributed by atoms with E-state index in [1.165, 1.54) is 11.1 Å². The number of benzene rings is 2. The molecular formula is C17H18BrNO. The third-order valence-electron chi connectivity index (χ3n) is 3.68. The van der Waals surface area contributed by atoms with Gasteiger partial charge in [0.15, 0.2) is 0 Å². The van der Waals surface area contributed by atoms with E-state index >= 15 is 0 Å². The van der Waals surface area contributed by atoms with Gasteiger partial charge in [0.05, 0.1) is 11.7 Å². The van der Waals surface area contributed by atoms with Gasteiger partial charge in [0.25, 0.3) is 0 Å². The Hall–Kier alpha value is -1.48. The van der Waals surface area contributed by atoms with Crippen molar-refractivity contribution >= 4 is 21.6 Å². The Morgan fingerprint density at radius 3 is 2.60 bits per heavy atom. The van der Waals surface area contributed by atoms with Gasteiger partial charge in [0, 0.05) is 4.47 Å². The minimum atomic E-state index is 0.206. The molecule has 1 N–H and O–H groups in total. The van der Waals surface area contributed by atoms with Crippen molar-refractivity contribution in [3.05, 3.63) is 58.1 Å². The Kier molecular flexibility index (Phi) is 3.70. The van der Waals surface area contributed by atoms with Crippen LogP contribution in [0.3, 0.4) is 0 Å². The quantitative estimate of drug-likeness (QED) is 0.824. The van der Waals surface area contributed by atoms with Crippen molar-refractivity contribution in [3.8, 4) is 5.75 Å². The standard InChI is InChI=1S/C17H18BrNO/c1-11(2)13-5-8-17-15(9-13)19-16(10-20-17)12-3-6-14(18)7-4-12/h3-9,11,16,19H,10H2,1-2H3. The first-order valence-electron chi connectivity index (χ1n) is 6.92. The van der Waals surface area contributed by atoms with Gasteiger partial charge in [-0.15, -0.1) is 0 Å². The van der Waals surface area contributed by atoms with Gasteiger partial charge in [-0.25, -0.2) is 0 Å². The van der Waals surface area contributed by atoms with Crippen molar-refractivity contribution in [2.75, 3.05) is 11.9 Å². The molecular weight excluding hydrogens is 314 g/mol. The number of halogens is 1. The molecule has 0 fully saturated rings. The van der Waals surface area contributed by atoms with Crippen molar-refractivity contribution < 1.29 is 4.74 Å². The summed E-state index contributed by atoms with van der Waals surface area (Å²) in [5.41, 5.74) is 3.67. The number of rotatable bonds is 2. The van der Waals surface area contributed by atoms with Gasteiger partial charge in [-0.1, -0.05) is 48.0 Å². The fourth-order valence-electron chi connectivity index (χ4n) is 2.42. The lowest BCUT2D eigenvalue weighted by Gasteiger charge is -2.28. The average molecular weight is 332 g/mol. The predicted octanol–water partition coefficient (Wildman–Crippen LogP) is 5.12. The molecule has 1 aliphatic rings. The van der Waals surface area contributed by atoms with Crippen LogP contribution in [0.2, 0.25) is 0 Å². The lowest BCUT2D eigenvalue weighted by atomic mass is 10.0. The molecule has 0 saturated carbocycles. The van der Waals surface area contributed by atoms with E-state index in [2.05, 4.69) is 77.6 Å². The monoisotopic (exact) mass is 331 g/mol. The Labute approximate surface area is 128 Å². The Bertz CT molecular complexity index is 607. The summed E-state index contributed by atoms with van der Waals surface area (Å²) < 4.78 is 6.98. The Morgan fingerprint density at radius 1 is 1.15 bits per heavy atom. The summed E-state index contributed by atoms with van der Waals surface area (Å²) in [5.74, 6) is 1.47. The van der Waals surface area contributed by atoms with Crippen molar-refractivity contribution in [3.63, 3.8) is 0 Å². The Balaban J connectivity index is 1.87. The summed E-state index contributed by atoms with van der Waals surface area (Å²) in [6.45, 7) is 5.07. The minimum Gasteiger partial charge on any atom is -0.489 e. The maximum absolute atomic E-state index is 5.88. The zero-order valence-electron chi connectivity index (χ0n) is 11.7. The van der Waals surface area contributed by atoms with Gasteiger partial charge >= 0.3 is 0 Å². The highest BCUT2D eigenvalue weighted by atomic mass is 79.9. The molecule has 0 bridgehead atoms. The van der Waals surface area contributed by atoms with Crippen LogP contribution in [0.4, 0.5) is 5.69 Å². The van der Waals surface area contributed by atoms with Crippen molar-refractivity contribution in [1.29, 1.82) is 0 Å². The summed E-state index contributed by atoms with van der Waals surface area (Å²) in [5, 5.41) is 3.59. The SMILES string of the molecule is CC(C)c1ccc2c(c1)NC(c1ccc(Br)cc1)CO2. The summed E-state index contributed by atoms with van der Waals surface area (Å²) in [6, 6.07) is 15.0. The molecule has 3 rings (SSSR count). The normalized spacial score (nSPS) is 17.3. The Morgan fingerprint density at radius 2 is 1.90 bits per heavy atom. The number of hydrogen-bond donors (Lipinski definition) is 1. The van der Waals surface area contributed by atoms with E-state index < -0.39 is 0 Å². The van der Waals surface area contributed by atoms with Crippen molar-refractivity contribution in [2.24, 2.45) is 0 Å². The molecule has 2 aromatic rings.